The van der Waals surface area contributed by atoms with Gasteiger partial charge in [0, 0.05) is 5.56 Å². The Morgan fingerprint density at radius 2 is 1.90 bits per heavy atom. The molecule has 0 saturated carbocycles. The van der Waals surface area contributed by atoms with Crippen molar-refractivity contribution in [2.45, 2.75) is 13.0 Å². The quantitative estimate of drug-likeness (QED) is 0.324. The van der Waals surface area contributed by atoms with E-state index in [1.54, 1.807) is 37.3 Å². The molecule has 198 valence electrons. The van der Waals surface area contributed by atoms with Gasteiger partial charge >= 0.3 is 5.97 Å². The van der Waals surface area contributed by atoms with Gasteiger partial charge < -0.3 is 14.6 Å². The Bertz CT molecular complexity index is 1780. The lowest BCUT2D eigenvalue weighted by atomic mass is 9.93. The van der Waals surface area contributed by atoms with E-state index in [0.29, 0.717) is 36.2 Å². The molecule has 0 saturated heterocycles. The molecule has 0 aliphatic carbocycles. The van der Waals surface area contributed by atoms with Crippen molar-refractivity contribution in [3.8, 4) is 11.5 Å². The maximum atomic E-state index is 13.9. The van der Waals surface area contributed by atoms with Crippen molar-refractivity contribution in [2.75, 3.05) is 13.7 Å². The minimum atomic E-state index is -0.903. The van der Waals surface area contributed by atoms with Crippen molar-refractivity contribution in [2.24, 2.45) is 4.99 Å². The number of phenolic OH excluding ortho intramolecular Hbond substituents is 1. The second-order valence-corrected chi connectivity index (χ2v) is 10.4. The zero-order valence-corrected chi connectivity index (χ0v) is 23.3. The van der Waals surface area contributed by atoms with Crippen molar-refractivity contribution in [1.29, 1.82) is 0 Å². The summed E-state index contributed by atoms with van der Waals surface area (Å²) in [4.78, 5) is 32.4. The van der Waals surface area contributed by atoms with Gasteiger partial charge in [-0.2, -0.15) is 0 Å². The normalized spacial score (nSPS) is 15.1. The first-order valence-corrected chi connectivity index (χ1v) is 13.5. The summed E-state index contributed by atoms with van der Waals surface area (Å²) in [6.07, 6.45) is 1.66. The van der Waals surface area contributed by atoms with E-state index in [1.807, 2.05) is 30.3 Å². The molecule has 1 aromatic heterocycles. The SMILES string of the molecule is CCOC(=O)C1=C(c2ccccc2)N=c2sc(=Cc3cc(Br)c(O)c(OC)c3)c(=O)n2C1c1ccc(F)cc1. The minimum Gasteiger partial charge on any atom is -0.503 e. The second-order valence-electron chi connectivity index (χ2n) is 8.54. The molecular weight excluding hydrogens is 587 g/mol. The first-order chi connectivity index (χ1) is 18.8. The molecule has 0 spiro atoms. The molecule has 1 unspecified atom stereocenters. The van der Waals surface area contributed by atoms with Gasteiger partial charge in [0.25, 0.3) is 5.56 Å². The van der Waals surface area contributed by atoms with Gasteiger partial charge in [-0.25, -0.2) is 14.2 Å². The summed E-state index contributed by atoms with van der Waals surface area (Å²) in [5.74, 6) is -0.874. The number of carbonyl (C=O) groups excluding carboxylic acids is 1. The third kappa shape index (κ3) is 5.05. The number of hydrogen-bond acceptors (Lipinski definition) is 7. The Hall–Kier alpha value is -4.02. The standard InChI is InChI=1S/C29H22BrFN2O5S/c1-3-38-28(36)23-24(17-7-5-4-6-8-17)32-29-33(25(23)18-9-11-19(31)12-10-18)27(35)22(39-29)15-16-13-20(30)26(34)21(14-16)37-2/h4-15,25,34H,3H2,1-2H3. The maximum absolute atomic E-state index is 13.9. The number of thiazole rings is 1. The molecule has 5 rings (SSSR count). The summed E-state index contributed by atoms with van der Waals surface area (Å²) in [6, 6.07) is 17.2. The van der Waals surface area contributed by atoms with E-state index in [-0.39, 0.29) is 29.2 Å². The highest BCUT2D eigenvalue weighted by Crippen LogP contribution is 2.36. The zero-order chi connectivity index (χ0) is 27.7. The van der Waals surface area contributed by atoms with Crippen LogP contribution in [0, 0.1) is 5.82 Å². The molecule has 3 aromatic carbocycles. The summed E-state index contributed by atoms with van der Waals surface area (Å²) < 4.78 is 26.7. The molecule has 0 radical (unpaired) electrons. The summed E-state index contributed by atoms with van der Waals surface area (Å²) in [5, 5.41) is 10.2. The van der Waals surface area contributed by atoms with Crippen molar-refractivity contribution in [3.05, 3.63) is 119 Å². The first kappa shape index (κ1) is 26.6. The number of aromatic hydroxyl groups is 1. The number of hydrogen-bond donors (Lipinski definition) is 1. The Labute approximate surface area is 234 Å². The number of aromatic nitrogens is 1. The van der Waals surface area contributed by atoms with Gasteiger partial charge in [-0.1, -0.05) is 53.8 Å². The number of nitrogens with zero attached hydrogens (tertiary/aromatic N) is 2. The molecule has 2 heterocycles. The van der Waals surface area contributed by atoms with Gasteiger partial charge in [0.2, 0.25) is 0 Å². The molecule has 4 aromatic rings. The highest BCUT2D eigenvalue weighted by atomic mass is 79.9. The van der Waals surface area contributed by atoms with Crippen LogP contribution in [0.3, 0.4) is 0 Å². The van der Waals surface area contributed by atoms with Crippen LogP contribution in [0.15, 0.2) is 86.6 Å². The number of esters is 1. The van der Waals surface area contributed by atoms with E-state index >= 15 is 0 Å². The fraction of sp³-hybridized carbons (Fsp3) is 0.138. The monoisotopic (exact) mass is 608 g/mol. The van der Waals surface area contributed by atoms with Crippen LogP contribution in [-0.4, -0.2) is 29.4 Å². The van der Waals surface area contributed by atoms with Crippen molar-refractivity contribution in [1.82, 2.24) is 4.57 Å². The van der Waals surface area contributed by atoms with Gasteiger partial charge in [-0.3, -0.25) is 9.36 Å². The molecule has 1 N–H and O–H groups in total. The number of methoxy groups -OCH3 is 1. The minimum absolute atomic E-state index is 0.0565. The van der Waals surface area contributed by atoms with Crippen molar-refractivity contribution in [3.63, 3.8) is 0 Å². The second kappa shape index (κ2) is 11.0. The van der Waals surface area contributed by atoms with E-state index in [2.05, 4.69) is 15.9 Å². The molecule has 7 nitrogen and oxygen atoms in total. The van der Waals surface area contributed by atoms with E-state index in [4.69, 9.17) is 14.5 Å². The smallest absolute Gasteiger partial charge is 0.338 e. The predicted molar refractivity (Wildman–Crippen MR) is 150 cm³/mol. The molecule has 10 heteroatoms. The first-order valence-electron chi connectivity index (χ1n) is 11.9. The van der Waals surface area contributed by atoms with Gasteiger partial charge in [0.05, 0.1) is 40.0 Å². The van der Waals surface area contributed by atoms with Crippen molar-refractivity contribution < 1.29 is 23.8 Å². The number of fused-ring (bicyclic) bond motifs is 1. The summed E-state index contributed by atoms with van der Waals surface area (Å²) >= 11 is 4.46. The number of benzene rings is 3. The largest absolute Gasteiger partial charge is 0.503 e. The molecule has 1 atom stereocenters. The van der Waals surface area contributed by atoms with Crippen LogP contribution in [0.1, 0.15) is 29.7 Å². The van der Waals surface area contributed by atoms with Crippen LogP contribution < -0.4 is 19.6 Å². The number of halogens is 2. The Balaban J connectivity index is 1.82. The fourth-order valence-corrected chi connectivity index (χ4v) is 5.85. The van der Waals surface area contributed by atoms with Gasteiger partial charge in [-0.05, 0) is 64.3 Å². The lowest BCUT2D eigenvalue weighted by Gasteiger charge is -2.25. The lowest BCUT2D eigenvalue weighted by Crippen LogP contribution is -2.40. The van der Waals surface area contributed by atoms with Crippen LogP contribution in [0.2, 0.25) is 0 Å². The maximum Gasteiger partial charge on any atom is 0.338 e. The molecule has 39 heavy (non-hydrogen) atoms. The Kier molecular flexibility index (Phi) is 7.49. The predicted octanol–water partition coefficient (Wildman–Crippen LogP) is 4.55. The lowest BCUT2D eigenvalue weighted by molar-refractivity contribution is -0.138. The molecule has 0 amide bonds. The van der Waals surface area contributed by atoms with Gasteiger partial charge in [0.15, 0.2) is 16.3 Å². The number of carbonyl (C=O) groups is 1. The average Bonchev–Trinajstić information content (AvgIpc) is 3.25. The van der Waals surface area contributed by atoms with Gasteiger partial charge in [0.1, 0.15) is 5.82 Å². The highest BCUT2D eigenvalue weighted by Gasteiger charge is 2.35. The zero-order valence-electron chi connectivity index (χ0n) is 20.9. The van der Waals surface area contributed by atoms with E-state index < -0.39 is 17.8 Å². The third-order valence-electron chi connectivity index (χ3n) is 6.13. The molecule has 1 aliphatic heterocycles. The topological polar surface area (TPSA) is 90.1 Å². The van der Waals surface area contributed by atoms with Crippen LogP contribution in [0.4, 0.5) is 4.39 Å². The summed E-state index contributed by atoms with van der Waals surface area (Å²) in [7, 11) is 1.43. The third-order valence-corrected chi connectivity index (χ3v) is 7.72. The van der Waals surface area contributed by atoms with E-state index in [0.717, 1.165) is 11.3 Å². The Morgan fingerprint density at radius 3 is 2.56 bits per heavy atom. The molecular formula is C29H22BrFN2O5S. The summed E-state index contributed by atoms with van der Waals surface area (Å²) in [6.45, 7) is 1.83. The molecule has 1 aliphatic rings. The molecule has 0 fully saturated rings. The number of ether oxygens (including phenoxy) is 2. The van der Waals surface area contributed by atoms with Gasteiger partial charge in [-0.15, -0.1) is 0 Å². The number of rotatable bonds is 6. The van der Waals surface area contributed by atoms with E-state index in [9.17, 15) is 19.1 Å². The fourth-order valence-electron chi connectivity index (χ4n) is 4.38. The van der Waals surface area contributed by atoms with Crippen LogP contribution in [-0.2, 0) is 9.53 Å². The van der Waals surface area contributed by atoms with Crippen LogP contribution >= 0.6 is 27.3 Å². The van der Waals surface area contributed by atoms with Crippen LogP contribution in [0.5, 0.6) is 11.5 Å². The number of phenols is 1. The summed E-state index contributed by atoms with van der Waals surface area (Å²) in [5.41, 5.74) is 1.99. The van der Waals surface area contributed by atoms with Crippen molar-refractivity contribution >= 4 is 45.0 Å². The Morgan fingerprint density at radius 1 is 1.18 bits per heavy atom. The molecule has 0 bridgehead atoms. The highest BCUT2D eigenvalue weighted by molar-refractivity contribution is 9.10. The van der Waals surface area contributed by atoms with Crippen LogP contribution in [0.25, 0.3) is 11.8 Å². The average molecular weight is 609 g/mol. The van der Waals surface area contributed by atoms with E-state index in [1.165, 1.54) is 23.8 Å².